The van der Waals surface area contributed by atoms with Gasteiger partial charge in [-0.15, -0.1) is 0 Å². The number of aliphatic hydroxyl groups excluding tert-OH is 3. The maximum absolute atomic E-state index is 11.8. The first-order chi connectivity index (χ1) is 21.8. The monoisotopic (exact) mass is 662 g/mol. The van der Waals surface area contributed by atoms with Gasteiger partial charge in [-0.3, -0.25) is 4.79 Å². The molecule has 0 aromatic carbocycles. The van der Waals surface area contributed by atoms with E-state index >= 15 is 0 Å². The van der Waals surface area contributed by atoms with Crippen LogP contribution in [-0.4, -0.2) is 93.4 Å². The molecule has 0 aromatic heterocycles. The van der Waals surface area contributed by atoms with Crippen molar-refractivity contribution in [2.75, 3.05) is 6.61 Å². The summed E-state index contributed by atoms with van der Waals surface area (Å²) in [6.07, 6.45) is 2.36. The molecular weight excluding hydrogens is 604 g/mol. The highest BCUT2D eigenvalue weighted by Crippen LogP contribution is 2.89. The van der Waals surface area contributed by atoms with Gasteiger partial charge in [-0.1, -0.05) is 34.6 Å². The normalized spacial score (nSPS) is 59.8. The number of aliphatic hydroxyl groups is 4. The second-order valence-electron chi connectivity index (χ2n) is 18.9. The molecular formula is C37H58O10. The molecule has 10 heteroatoms. The summed E-state index contributed by atoms with van der Waals surface area (Å²) in [5, 5.41) is 44.3. The average molecular weight is 663 g/mol. The van der Waals surface area contributed by atoms with E-state index in [-0.39, 0.29) is 57.7 Å². The Morgan fingerprint density at radius 1 is 0.872 bits per heavy atom. The number of esters is 1. The van der Waals surface area contributed by atoms with Crippen LogP contribution in [0.1, 0.15) is 107 Å². The largest absolute Gasteiger partial charge is 0.457 e. The molecule has 2 spiro atoms. The number of carbonyl (C=O) groups is 1. The Balaban J connectivity index is 1.03. The molecule has 10 nitrogen and oxygen atoms in total. The van der Waals surface area contributed by atoms with E-state index in [1.54, 1.807) is 0 Å². The third-order valence-electron chi connectivity index (χ3n) is 16.4. The van der Waals surface area contributed by atoms with Gasteiger partial charge in [-0.25, -0.2) is 0 Å². The Labute approximate surface area is 279 Å². The summed E-state index contributed by atoms with van der Waals surface area (Å²) < 4.78 is 30.6. The third kappa shape index (κ3) is 3.99. The molecule has 0 amide bonds. The average Bonchev–Trinajstić information content (AvgIpc) is 3.53. The summed E-state index contributed by atoms with van der Waals surface area (Å²) in [4.78, 5) is 11.7. The molecule has 3 saturated heterocycles. The Bertz CT molecular complexity index is 1320. The Morgan fingerprint density at radius 3 is 2.26 bits per heavy atom. The van der Waals surface area contributed by atoms with Gasteiger partial charge in [0.1, 0.15) is 24.4 Å². The van der Waals surface area contributed by atoms with Crippen LogP contribution in [0.15, 0.2) is 0 Å². The third-order valence-corrected chi connectivity index (χ3v) is 16.4. The molecule has 5 aliphatic carbocycles. The summed E-state index contributed by atoms with van der Waals surface area (Å²) in [6, 6.07) is 0. The highest BCUT2D eigenvalue weighted by Gasteiger charge is 2.84. The molecule has 17 atom stereocenters. The maximum atomic E-state index is 11.8. The van der Waals surface area contributed by atoms with Crippen molar-refractivity contribution >= 4 is 5.97 Å². The van der Waals surface area contributed by atoms with Crippen molar-refractivity contribution in [2.45, 2.75) is 167 Å². The zero-order valence-corrected chi connectivity index (χ0v) is 29.5. The van der Waals surface area contributed by atoms with E-state index in [0.29, 0.717) is 11.8 Å². The second kappa shape index (κ2) is 9.93. The minimum atomic E-state index is -1.69. The summed E-state index contributed by atoms with van der Waals surface area (Å²) in [5.41, 5.74) is -0.410. The molecule has 4 N–H and O–H groups in total. The van der Waals surface area contributed by atoms with Gasteiger partial charge in [0.25, 0.3) is 0 Å². The van der Waals surface area contributed by atoms with Gasteiger partial charge in [0.2, 0.25) is 5.79 Å². The fraction of sp³-hybridized carbons (Fsp3) is 0.973. The SMILES string of the molecule is CC(=O)O[C@@H]1[C@@H](O)[C@H](O[C@@H]2CC[C@]34C[C@]35CC[C@]3(C)[C@H]6[C@@H](C)[C@@H]7OC(C)(C)[C@H](O)[C@@]7(O)O[C@@H]6C[C@@]3(C)[C@@H]5CC[C@H]4C2(C)C)OC[C@H]1O. The van der Waals surface area contributed by atoms with Crippen LogP contribution >= 0.6 is 0 Å². The van der Waals surface area contributed by atoms with Crippen molar-refractivity contribution in [3.8, 4) is 0 Å². The second-order valence-corrected chi connectivity index (χ2v) is 18.9. The van der Waals surface area contributed by atoms with Crippen molar-refractivity contribution < 1.29 is 48.9 Å². The van der Waals surface area contributed by atoms with Gasteiger partial charge < -0.3 is 44.1 Å². The predicted octanol–water partition coefficient (Wildman–Crippen LogP) is 3.69. The summed E-state index contributed by atoms with van der Waals surface area (Å²) in [6.45, 7) is 16.8. The number of hydrogen-bond donors (Lipinski definition) is 4. The highest BCUT2D eigenvalue weighted by atomic mass is 16.7. The standard InChI is InChI=1S/C37H58O10/c1-18-25-21(46-37(42)28(18)47-32(5,6)30(37)41)15-34(8)23-10-9-22-31(3,4)24(11-12-35(22)17-36(23,35)14-13-33(25,34)7)45-29-26(40)27(44-19(2)38)20(39)16-43-29/h18,20-30,39-42H,9-17H2,1-8H3/t18-,20-,21-,22+,23+,24-,25+,26-,27+,28+,29+,30+,33-,34+,35-,36+,37+/m1/s1. The fourth-order valence-electron chi connectivity index (χ4n) is 14.3. The van der Waals surface area contributed by atoms with E-state index in [9.17, 15) is 25.2 Å². The topological polar surface area (TPSA) is 144 Å². The number of rotatable bonds is 3. The highest BCUT2D eigenvalue weighted by molar-refractivity contribution is 5.66. The van der Waals surface area contributed by atoms with Gasteiger partial charge in [0, 0.05) is 6.92 Å². The Kier molecular flexibility index (Phi) is 7.03. The number of ether oxygens (including phenoxy) is 5. The minimum Gasteiger partial charge on any atom is -0.457 e. The van der Waals surface area contributed by atoms with Crippen molar-refractivity contribution in [2.24, 2.45) is 50.7 Å². The lowest BCUT2D eigenvalue weighted by molar-refractivity contribution is -0.327. The van der Waals surface area contributed by atoms with Crippen LogP contribution in [0, 0.1) is 50.7 Å². The maximum Gasteiger partial charge on any atom is 0.303 e. The molecule has 8 rings (SSSR count). The van der Waals surface area contributed by atoms with Crippen LogP contribution < -0.4 is 0 Å². The molecule has 0 radical (unpaired) electrons. The quantitative estimate of drug-likeness (QED) is 0.261. The van der Waals surface area contributed by atoms with E-state index in [1.807, 2.05) is 13.8 Å². The van der Waals surface area contributed by atoms with Crippen LogP contribution in [0.3, 0.4) is 0 Å². The van der Waals surface area contributed by atoms with E-state index in [2.05, 4.69) is 34.6 Å². The number of carbonyl (C=O) groups excluding carboxylic acids is 1. The first-order valence-electron chi connectivity index (χ1n) is 18.4. The summed E-state index contributed by atoms with van der Waals surface area (Å²) >= 11 is 0. The lowest BCUT2D eigenvalue weighted by atomic mass is 9.41. The van der Waals surface area contributed by atoms with E-state index in [1.165, 1.54) is 19.8 Å². The molecule has 8 aliphatic rings. The molecule has 5 saturated carbocycles. The van der Waals surface area contributed by atoms with Crippen molar-refractivity contribution in [3.63, 3.8) is 0 Å². The van der Waals surface area contributed by atoms with E-state index < -0.39 is 54.2 Å². The van der Waals surface area contributed by atoms with Crippen molar-refractivity contribution in [1.29, 1.82) is 0 Å². The van der Waals surface area contributed by atoms with Crippen LogP contribution in [0.25, 0.3) is 0 Å². The van der Waals surface area contributed by atoms with Crippen LogP contribution in [0.5, 0.6) is 0 Å². The number of hydrogen-bond acceptors (Lipinski definition) is 10. The van der Waals surface area contributed by atoms with E-state index in [0.717, 1.165) is 38.5 Å². The Hall–Kier alpha value is -0.850. The van der Waals surface area contributed by atoms with Crippen LogP contribution in [0.4, 0.5) is 0 Å². The predicted molar refractivity (Wildman–Crippen MR) is 168 cm³/mol. The molecule has 0 unspecified atom stereocenters. The molecule has 3 heterocycles. The molecule has 0 bridgehead atoms. The van der Waals surface area contributed by atoms with Crippen LogP contribution in [-0.2, 0) is 28.5 Å². The minimum absolute atomic E-state index is 0.0410. The molecule has 3 aliphatic heterocycles. The van der Waals surface area contributed by atoms with Gasteiger partial charge in [-0.05, 0) is 116 Å². The molecule has 266 valence electrons. The fourth-order valence-corrected chi connectivity index (χ4v) is 14.3. The summed E-state index contributed by atoms with van der Waals surface area (Å²) in [5.74, 6) is -0.900. The zero-order chi connectivity index (χ0) is 33.9. The van der Waals surface area contributed by atoms with Crippen LogP contribution in [0.2, 0.25) is 0 Å². The lowest BCUT2D eigenvalue weighted by Crippen LogP contribution is -2.63. The van der Waals surface area contributed by atoms with Gasteiger partial charge >= 0.3 is 5.97 Å². The summed E-state index contributed by atoms with van der Waals surface area (Å²) in [7, 11) is 0. The lowest BCUT2D eigenvalue weighted by Gasteiger charge is -2.63. The molecule has 47 heavy (non-hydrogen) atoms. The first kappa shape index (κ1) is 33.3. The van der Waals surface area contributed by atoms with Gasteiger partial charge in [-0.2, -0.15) is 0 Å². The smallest absolute Gasteiger partial charge is 0.303 e. The zero-order valence-electron chi connectivity index (χ0n) is 29.5. The van der Waals surface area contributed by atoms with Gasteiger partial charge in [0.05, 0.1) is 24.4 Å². The number of fused-ring (bicyclic) bond motifs is 5. The molecule has 8 fully saturated rings. The van der Waals surface area contributed by atoms with Gasteiger partial charge in [0.15, 0.2) is 12.4 Å². The van der Waals surface area contributed by atoms with Crippen molar-refractivity contribution in [3.05, 3.63) is 0 Å². The van der Waals surface area contributed by atoms with E-state index in [4.69, 9.17) is 23.7 Å². The molecule has 0 aromatic rings. The van der Waals surface area contributed by atoms with Crippen molar-refractivity contribution in [1.82, 2.24) is 0 Å². The first-order valence-corrected chi connectivity index (χ1v) is 18.4. The Morgan fingerprint density at radius 2 is 1.55 bits per heavy atom.